The summed E-state index contributed by atoms with van der Waals surface area (Å²) in [5.41, 5.74) is 2.40. The molecule has 0 saturated heterocycles. The van der Waals surface area contributed by atoms with Crippen LogP contribution in [0.1, 0.15) is 0 Å². The maximum absolute atomic E-state index is 9.15. The Balaban J connectivity index is 3.20. The Labute approximate surface area is 90.9 Å². The number of nitrogens with zero attached hydrogens (tertiary/aromatic N) is 2. The Kier molecular flexibility index (Phi) is 3.60. The Morgan fingerprint density at radius 1 is 0.867 bits per heavy atom. The van der Waals surface area contributed by atoms with Crippen LogP contribution in [0.15, 0.2) is 18.2 Å². The second kappa shape index (κ2) is 4.55. The summed E-state index contributed by atoms with van der Waals surface area (Å²) in [5.74, 6) is 0. The van der Waals surface area contributed by atoms with E-state index in [1.54, 1.807) is 12.1 Å². The summed E-state index contributed by atoms with van der Waals surface area (Å²) in [5, 5.41) is 18.3. The van der Waals surface area contributed by atoms with E-state index in [4.69, 9.17) is 10.0 Å². The molecule has 0 fully saturated rings. The molecule has 5 heteroatoms. The topological polar surface area (TPSA) is 46.9 Å². The third-order valence-corrected chi connectivity index (χ3v) is 2.26. The zero-order chi connectivity index (χ0) is 11.6. The molecule has 0 heterocycles. The molecule has 15 heavy (non-hydrogen) atoms. The van der Waals surface area contributed by atoms with E-state index < -0.39 is 7.12 Å². The van der Waals surface area contributed by atoms with Crippen LogP contribution in [-0.4, -0.2) is 45.4 Å². The van der Waals surface area contributed by atoms with Crippen LogP contribution in [-0.2, 0) is 0 Å². The summed E-state index contributed by atoms with van der Waals surface area (Å²) < 4.78 is 0. The summed E-state index contributed by atoms with van der Waals surface area (Å²) >= 11 is 0. The molecule has 0 bridgehead atoms. The van der Waals surface area contributed by atoms with Crippen LogP contribution in [0.4, 0.5) is 11.4 Å². The summed E-state index contributed by atoms with van der Waals surface area (Å²) in [6, 6.07) is 5.52. The molecule has 1 aromatic carbocycles. The maximum Gasteiger partial charge on any atom is 0.488 e. The molecule has 82 valence electrons. The van der Waals surface area contributed by atoms with Gasteiger partial charge in [0.25, 0.3) is 0 Å². The summed E-state index contributed by atoms with van der Waals surface area (Å²) in [4.78, 5) is 3.86. The van der Waals surface area contributed by atoms with Gasteiger partial charge in [-0.3, -0.25) is 0 Å². The van der Waals surface area contributed by atoms with E-state index in [9.17, 15) is 0 Å². The quantitative estimate of drug-likeness (QED) is 0.657. The molecular weight excluding hydrogens is 191 g/mol. The molecule has 0 aliphatic rings. The van der Waals surface area contributed by atoms with Gasteiger partial charge in [-0.2, -0.15) is 0 Å². The van der Waals surface area contributed by atoms with Crippen molar-refractivity contribution in [3.63, 3.8) is 0 Å². The molecule has 0 aromatic heterocycles. The first-order valence-corrected chi connectivity index (χ1v) is 4.77. The van der Waals surface area contributed by atoms with E-state index in [2.05, 4.69) is 0 Å². The first-order chi connectivity index (χ1) is 6.91. The number of benzene rings is 1. The Bertz CT molecular complexity index is 275. The van der Waals surface area contributed by atoms with Crippen LogP contribution >= 0.6 is 0 Å². The van der Waals surface area contributed by atoms with Gasteiger partial charge in [0.05, 0.1) is 0 Å². The highest BCUT2D eigenvalue weighted by Gasteiger charge is 2.14. The Morgan fingerprint density at radius 2 is 1.27 bits per heavy atom. The van der Waals surface area contributed by atoms with E-state index in [1.165, 1.54) is 0 Å². The molecule has 0 amide bonds. The zero-order valence-electron chi connectivity index (χ0n) is 9.60. The first-order valence-electron chi connectivity index (χ1n) is 4.77. The lowest BCUT2D eigenvalue weighted by Crippen LogP contribution is -2.31. The minimum atomic E-state index is -1.43. The highest BCUT2D eigenvalue weighted by molar-refractivity contribution is 6.58. The minimum Gasteiger partial charge on any atom is -0.423 e. The summed E-state index contributed by atoms with van der Waals surface area (Å²) in [6.45, 7) is 0. The van der Waals surface area contributed by atoms with E-state index in [0.29, 0.717) is 5.46 Å². The van der Waals surface area contributed by atoms with Crippen molar-refractivity contribution in [1.29, 1.82) is 0 Å². The van der Waals surface area contributed by atoms with Crippen molar-refractivity contribution in [3.05, 3.63) is 18.2 Å². The van der Waals surface area contributed by atoms with Gasteiger partial charge in [-0.15, -0.1) is 0 Å². The van der Waals surface area contributed by atoms with Gasteiger partial charge in [0.1, 0.15) is 0 Å². The fourth-order valence-electron chi connectivity index (χ4n) is 1.28. The van der Waals surface area contributed by atoms with Crippen molar-refractivity contribution < 1.29 is 10.0 Å². The predicted octanol–water partition coefficient (Wildman–Crippen LogP) is -0.502. The number of anilines is 2. The molecule has 0 aliphatic carbocycles. The van der Waals surface area contributed by atoms with E-state index in [0.717, 1.165) is 11.4 Å². The second-order valence-corrected chi connectivity index (χ2v) is 3.95. The Hall–Kier alpha value is -1.20. The largest absolute Gasteiger partial charge is 0.488 e. The molecular formula is C10H17BN2O2. The van der Waals surface area contributed by atoms with Crippen LogP contribution in [0.25, 0.3) is 0 Å². The van der Waals surface area contributed by atoms with Crippen LogP contribution < -0.4 is 15.3 Å². The smallest absolute Gasteiger partial charge is 0.423 e. The van der Waals surface area contributed by atoms with Crippen molar-refractivity contribution in [2.24, 2.45) is 0 Å². The number of hydrogen-bond donors (Lipinski definition) is 2. The molecule has 0 radical (unpaired) electrons. The van der Waals surface area contributed by atoms with Gasteiger partial charge in [0, 0.05) is 39.6 Å². The summed E-state index contributed by atoms with van der Waals surface area (Å²) in [7, 11) is 6.25. The van der Waals surface area contributed by atoms with Crippen molar-refractivity contribution in [2.45, 2.75) is 0 Å². The molecule has 0 saturated carbocycles. The standard InChI is InChI=1S/C10H17BN2O2/c1-12(2)9-5-8(11(14)15)6-10(7-9)13(3)4/h5-7,14-15H,1-4H3. The van der Waals surface area contributed by atoms with Crippen molar-refractivity contribution in [1.82, 2.24) is 0 Å². The van der Waals surface area contributed by atoms with Gasteiger partial charge >= 0.3 is 7.12 Å². The van der Waals surface area contributed by atoms with Crippen LogP contribution in [0, 0.1) is 0 Å². The highest BCUT2D eigenvalue weighted by Crippen LogP contribution is 2.18. The average molecular weight is 208 g/mol. The number of rotatable bonds is 3. The van der Waals surface area contributed by atoms with Gasteiger partial charge in [0.2, 0.25) is 0 Å². The molecule has 2 N–H and O–H groups in total. The minimum absolute atomic E-state index is 0.505. The van der Waals surface area contributed by atoms with Gasteiger partial charge in [-0.1, -0.05) is 0 Å². The van der Waals surface area contributed by atoms with E-state index in [-0.39, 0.29) is 0 Å². The maximum atomic E-state index is 9.15. The molecule has 4 nitrogen and oxygen atoms in total. The normalized spacial score (nSPS) is 10.0. The SMILES string of the molecule is CN(C)c1cc(B(O)O)cc(N(C)C)c1. The van der Waals surface area contributed by atoms with Crippen LogP contribution in [0.3, 0.4) is 0 Å². The third kappa shape index (κ3) is 2.87. The lowest BCUT2D eigenvalue weighted by Gasteiger charge is -2.19. The van der Waals surface area contributed by atoms with E-state index in [1.807, 2.05) is 44.1 Å². The average Bonchev–Trinajstić information content (AvgIpc) is 2.16. The first kappa shape index (κ1) is 11.9. The van der Waals surface area contributed by atoms with E-state index >= 15 is 0 Å². The molecule has 0 unspecified atom stereocenters. The Morgan fingerprint density at radius 3 is 1.53 bits per heavy atom. The van der Waals surface area contributed by atoms with Gasteiger partial charge in [-0.05, 0) is 23.7 Å². The lowest BCUT2D eigenvalue weighted by molar-refractivity contribution is 0.426. The highest BCUT2D eigenvalue weighted by atomic mass is 16.4. The number of hydrogen-bond acceptors (Lipinski definition) is 4. The van der Waals surface area contributed by atoms with Crippen molar-refractivity contribution in [2.75, 3.05) is 38.0 Å². The van der Waals surface area contributed by atoms with Gasteiger partial charge < -0.3 is 19.8 Å². The molecule has 1 aromatic rings. The third-order valence-electron chi connectivity index (χ3n) is 2.26. The zero-order valence-corrected chi connectivity index (χ0v) is 9.60. The van der Waals surface area contributed by atoms with Crippen molar-refractivity contribution in [3.8, 4) is 0 Å². The molecule has 0 spiro atoms. The summed E-state index contributed by atoms with van der Waals surface area (Å²) in [6.07, 6.45) is 0. The van der Waals surface area contributed by atoms with Gasteiger partial charge in [0.15, 0.2) is 0 Å². The predicted molar refractivity (Wildman–Crippen MR) is 64.9 cm³/mol. The molecule has 0 atom stereocenters. The fraction of sp³-hybridized carbons (Fsp3) is 0.400. The molecule has 1 rings (SSSR count). The fourth-order valence-corrected chi connectivity index (χ4v) is 1.28. The monoisotopic (exact) mass is 208 g/mol. The lowest BCUT2D eigenvalue weighted by atomic mass is 9.79. The van der Waals surface area contributed by atoms with Crippen LogP contribution in [0.2, 0.25) is 0 Å². The molecule has 0 aliphatic heterocycles. The van der Waals surface area contributed by atoms with Crippen LogP contribution in [0.5, 0.6) is 0 Å². The van der Waals surface area contributed by atoms with Crippen molar-refractivity contribution >= 4 is 24.0 Å². The second-order valence-electron chi connectivity index (χ2n) is 3.95. The van der Waals surface area contributed by atoms with Gasteiger partial charge in [-0.25, -0.2) is 0 Å².